The topological polar surface area (TPSA) is 91.6 Å². The van der Waals surface area contributed by atoms with Gasteiger partial charge in [-0.3, -0.25) is 19.0 Å². The van der Waals surface area contributed by atoms with Crippen LogP contribution >= 0.6 is 0 Å². The molecule has 7 nitrogen and oxygen atoms in total. The Morgan fingerprint density at radius 3 is 2.27 bits per heavy atom. The summed E-state index contributed by atoms with van der Waals surface area (Å²) in [5, 5.41) is 13.9. The van der Waals surface area contributed by atoms with Crippen LogP contribution in [0.3, 0.4) is 0 Å². The standard InChI is InChI=1S/C33H45N3O4/c1-5-8-13-25-15-17-26(18-16-25)33(40)36-24(4)28(29-22-27(37)19-20-30(29)36)23-31(38)34-21-12-10-9-11-14-32(39)35(6-2)7-3/h15-20,22,37H,5-14,21,23H2,1-4H3,(H,34,38). The lowest BCUT2D eigenvalue weighted by Crippen LogP contribution is -2.30. The van der Waals surface area contributed by atoms with Crippen molar-refractivity contribution in [2.45, 2.75) is 85.5 Å². The summed E-state index contributed by atoms with van der Waals surface area (Å²) >= 11 is 0. The van der Waals surface area contributed by atoms with E-state index in [4.69, 9.17) is 0 Å². The third kappa shape index (κ3) is 7.96. The average molecular weight is 548 g/mol. The van der Waals surface area contributed by atoms with Crippen molar-refractivity contribution in [2.24, 2.45) is 0 Å². The largest absolute Gasteiger partial charge is 0.508 e. The summed E-state index contributed by atoms with van der Waals surface area (Å²) in [5.74, 6) is 0.0381. The first-order valence-corrected chi connectivity index (χ1v) is 14.8. The number of hydrogen-bond donors (Lipinski definition) is 2. The number of phenols is 1. The molecule has 2 N–H and O–H groups in total. The van der Waals surface area contributed by atoms with Gasteiger partial charge in [0.25, 0.3) is 5.91 Å². The molecule has 0 fully saturated rings. The number of benzene rings is 2. The van der Waals surface area contributed by atoms with Crippen LogP contribution in [-0.4, -0.2) is 51.9 Å². The maximum absolute atomic E-state index is 13.6. The molecule has 0 bridgehead atoms. The van der Waals surface area contributed by atoms with Crippen molar-refractivity contribution in [3.05, 3.63) is 64.8 Å². The molecule has 0 spiro atoms. The van der Waals surface area contributed by atoms with Gasteiger partial charge in [-0.15, -0.1) is 0 Å². The number of fused-ring (bicyclic) bond motifs is 1. The van der Waals surface area contributed by atoms with Crippen molar-refractivity contribution in [2.75, 3.05) is 19.6 Å². The summed E-state index contributed by atoms with van der Waals surface area (Å²) in [6.07, 6.45) is 7.54. The zero-order chi connectivity index (χ0) is 29.1. The van der Waals surface area contributed by atoms with Gasteiger partial charge in [-0.2, -0.15) is 0 Å². The second-order valence-electron chi connectivity index (χ2n) is 10.5. The molecule has 1 aromatic heterocycles. The van der Waals surface area contributed by atoms with Crippen LogP contribution in [0.15, 0.2) is 42.5 Å². The van der Waals surface area contributed by atoms with Crippen LogP contribution in [0.2, 0.25) is 0 Å². The van der Waals surface area contributed by atoms with E-state index in [9.17, 15) is 19.5 Å². The van der Waals surface area contributed by atoms with E-state index in [1.807, 2.05) is 49.9 Å². The van der Waals surface area contributed by atoms with Gasteiger partial charge in [0.15, 0.2) is 0 Å². The van der Waals surface area contributed by atoms with E-state index in [1.165, 1.54) is 5.56 Å². The number of unbranched alkanes of at least 4 members (excludes halogenated alkanes) is 4. The predicted molar refractivity (Wildman–Crippen MR) is 161 cm³/mol. The van der Waals surface area contributed by atoms with E-state index in [2.05, 4.69) is 12.2 Å². The predicted octanol–water partition coefficient (Wildman–Crippen LogP) is 6.16. The molecule has 7 heteroatoms. The Labute approximate surface area is 238 Å². The number of nitrogens with zero attached hydrogens (tertiary/aromatic N) is 2. The van der Waals surface area contributed by atoms with E-state index in [0.717, 1.165) is 63.6 Å². The van der Waals surface area contributed by atoms with Crippen LogP contribution in [0.4, 0.5) is 0 Å². The molecule has 0 aliphatic rings. The molecular formula is C33H45N3O4. The Morgan fingerprint density at radius 2 is 1.60 bits per heavy atom. The number of rotatable bonds is 15. The maximum Gasteiger partial charge on any atom is 0.262 e. The number of nitrogens with one attached hydrogen (secondary N) is 1. The number of aryl methyl sites for hydroxylation is 1. The van der Waals surface area contributed by atoms with Gasteiger partial charge < -0.3 is 15.3 Å². The molecule has 0 saturated heterocycles. The second kappa shape index (κ2) is 15.2. The van der Waals surface area contributed by atoms with Gasteiger partial charge in [0.2, 0.25) is 11.8 Å². The Hall–Kier alpha value is -3.61. The van der Waals surface area contributed by atoms with E-state index in [1.54, 1.807) is 22.8 Å². The molecule has 216 valence electrons. The number of phenolic OH excluding ortho intramolecular Hbond substituents is 1. The molecule has 0 unspecified atom stereocenters. The first-order chi connectivity index (χ1) is 19.3. The number of amides is 2. The van der Waals surface area contributed by atoms with Gasteiger partial charge in [0.05, 0.1) is 11.9 Å². The summed E-state index contributed by atoms with van der Waals surface area (Å²) in [4.78, 5) is 40.4. The number of hydrogen-bond acceptors (Lipinski definition) is 4. The van der Waals surface area contributed by atoms with Crippen LogP contribution in [0.1, 0.15) is 92.9 Å². The molecule has 0 radical (unpaired) electrons. The van der Waals surface area contributed by atoms with E-state index in [-0.39, 0.29) is 29.9 Å². The molecule has 3 rings (SSSR count). The lowest BCUT2D eigenvalue weighted by molar-refractivity contribution is -0.131. The van der Waals surface area contributed by atoms with Crippen molar-refractivity contribution in [3.8, 4) is 5.75 Å². The molecular weight excluding hydrogens is 502 g/mol. The van der Waals surface area contributed by atoms with Crippen LogP contribution in [0.25, 0.3) is 10.9 Å². The van der Waals surface area contributed by atoms with Crippen LogP contribution in [0, 0.1) is 6.92 Å². The van der Waals surface area contributed by atoms with Gasteiger partial charge in [0, 0.05) is 42.7 Å². The highest BCUT2D eigenvalue weighted by Gasteiger charge is 2.22. The van der Waals surface area contributed by atoms with E-state index < -0.39 is 0 Å². The first-order valence-electron chi connectivity index (χ1n) is 14.8. The third-order valence-electron chi connectivity index (χ3n) is 7.63. The minimum absolute atomic E-state index is 0.0958. The first kappa shape index (κ1) is 30.9. The normalized spacial score (nSPS) is 11.1. The van der Waals surface area contributed by atoms with Gasteiger partial charge in [-0.05, 0) is 87.9 Å². The van der Waals surface area contributed by atoms with Crippen LogP contribution in [0.5, 0.6) is 5.75 Å². The van der Waals surface area contributed by atoms with Crippen LogP contribution < -0.4 is 5.32 Å². The van der Waals surface area contributed by atoms with Crippen molar-refractivity contribution in [1.82, 2.24) is 14.8 Å². The Balaban J connectivity index is 1.61. The summed E-state index contributed by atoms with van der Waals surface area (Å²) in [6.45, 7) is 10.1. The summed E-state index contributed by atoms with van der Waals surface area (Å²) < 4.78 is 1.65. The number of carbonyl (C=O) groups is 3. The average Bonchev–Trinajstić information content (AvgIpc) is 3.21. The van der Waals surface area contributed by atoms with Crippen molar-refractivity contribution in [1.29, 1.82) is 0 Å². The number of aromatic nitrogens is 1. The Kier molecular flexibility index (Phi) is 11.8. The number of carbonyl (C=O) groups excluding carboxylic acids is 3. The molecule has 3 aromatic rings. The van der Waals surface area contributed by atoms with Crippen molar-refractivity contribution >= 4 is 28.6 Å². The summed E-state index contributed by atoms with van der Waals surface area (Å²) in [5.41, 5.74) is 3.92. The van der Waals surface area contributed by atoms with Gasteiger partial charge in [-0.25, -0.2) is 0 Å². The highest BCUT2D eigenvalue weighted by molar-refractivity contribution is 6.05. The zero-order valence-electron chi connectivity index (χ0n) is 24.6. The third-order valence-corrected chi connectivity index (χ3v) is 7.63. The molecule has 2 aromatic carbocycles. The van der Waals surface area contributed by atoms with Gasteiger partial charge >= 0.3 is 0 Å². The SMILES string of the molecule is CCCCc1ccc(C(=O)n2c(C)c(CC(=O)NCCCCCCC(=O)N(CC)CC)c3cc(O)ccc32)cc1. The lowest BCUT2D eigenvalue weighted by atomic mass is 10.1. The second-order valence-corrected chi connectivity index (χ2v) is 10.5. The minimum Gasteiger partial charge on any atom is -0.508 e. The zero-order valence-corrected chi connectivity index (χ0v) is 24.6. The fraction of sp³-hybridized carbons (Fsp3) is 0.485. The van der Waals surface area contributed by atoms with Gasteiger partial charge in [0.1, 0.15) is 5.75 Å². The quantitative estimate of drug-likeness (QED) is 0.223. The Bertz CT molecular complexity index is 1290. The molecule has 0 aliphatic heterocycles. The fourth-order valence-electron chi connectivity index (χ4n) is 5.22. The fourth-order valence-corrected chi connectivity index (χ4v) is 5.22. The smallest absolute Gasteiger partial charge is 0.262 e. The highest BCUT2D eigenvalue weighted by atomic mass is 16.3. The summed E-state index contributed by atoms with van der Waals surface area (Å²) in [6, 6.07) is 12.7. The maximum atomic E-state index is 13.6. The molecule has 40 heavy (non-hydrogen) atoms. The monoisotopic (exact) mass is 547 g/mol. The van der Waals surface area contributed by atoms with Crippen LogP contribution in [-0.2, 0) is 22.4 Å². The summed E-state index contributed by atoms with van der Waals surface area (Å²) in [7, 11) is 0. The van der Waals surface area contributed by atoms with Gasteiger partial charge in [-0.1, -0.05) is 38.3 Å². The van der Waals surface area contributed by atoms with E-state index >= 15 is 0 Å². The number of aromatic hydroxyl groups is 1. The Morgan fingerprint density at radius 1 is 0.900 bits per heavy atom. The molecule has 0 atom stereocenters. The highest BCUT2D eigenvalue weighted by Crippen LogP contribution is 2.30. The minimum atomic E-state index is -0.152. The molecule has 1 heterocycles. The molecule has 0 saturated carbocycles. The molecule has 0 aliphatic carbocycles. The molecule has 2 amide bonds. The van der Waals surface area contributed by atoms with Crippen molar-refractivity contribution in [3.63, 3.8) is 0 Å². The van der Waals surface area contributed by atoms with Crippen molar-refractivity contribution < 1.29 is 19.5 Å². The lowest BCUT2D eigenvalue weighted by Gasteiger charge is -2.18. The van der Waals surface area contributed by atoms with E-state index in [0.29, 0.717) is 35.1 Å².